The van der Waals surface area contributed by atoms with Gasteiger partial charge in [-0.25, -0.2) is 22.7 Å². The molecule has 0 saturated carbocycles. The third kappa shape index (κ3) is 4.52. The summed E-state index contributed by atoms with van der Waals surface area (Å²) in [6.45, 7) is -0.259. The van der Waals surface area contributed by atoms with Crippen molar-refractivity contribution in [1.29, 1.82) is 0 Å². The maximum atomic E-state index is 14.3. The van der Waals surface area contributed by atoms with Crippen LogP contribution in [-0.4, -0.2) is 35.6 Å². The molecule has 0 bridgehead atoms. The minimum Gasteiger partial charge on any atom is -0.312 e. The average Bonchev–Trinajstić information content (AvgIpc) is 2.57. The lowest BCUT2D eigenvalue weighted by Crippen LogP contribution is -2.39. The van der Waals surface area contributed by atoms with Gasteiger partial charge in [-0.2, -0.15) is 0 Å². The molecule has 1 heterocycles. The summed E-state index contributed by atoms with van der Waals surface area (Å²) < 4.78 is 51.4. The molecule has 2 aromatic rings. The van der Waals surface area contributed by atoms with Crippen LogP contribution in [-0.2, 0) is 21.2 Å². The predicted molar refractivity (Wildman–Crippen MR) is 89.2 cm³/mol. The minimum absolute atomic E-state index is 0.0287. The van der Waals surface area contributed by atoms with E-state index in [1.165, 1.54) is 17.6 Å². The molecule has 0 aliphatic heterocycles. The van der Waals surface area contributed by atoms with E-state index in [1.54, 1.807) is 0 Å². The molecule has 0 aliphatic carbocycles. The summed E-state index contributed by atoms with van der Waals surface area (Å²) in [7, 11) is -3.84. The number of halogens is 2. The van der Waals surface area contributed by atoms with Crippen LogP contribution in [0.1, 0.15) is 6.42 Å². The number of rotatable bonds is 6. The Bertz CT molecular complexity index is 971. The summed E-state index contributed by atoms with van der Waals surface area (Å²) in [5, 5.41) is 7.04. The highest BCUT2D eigenvalue weighted by atomic mass is 32.2. The molecule has 1 aromatic carbocycles. The molecule has 7 nitrogen and oxygen atoms in total. The Labute approximate surface area is 147 Å². The Morgan fingerprint density at radius 1 is 1.27 bits per heavy atom. The number of aromatic nitrogens is 1. The molecule has 1 aromatic heterocycles. The Morgan fingerprint density at radius 3 is 2.42 bits per heavy atom. The number of hydrogen-bond donors (Lipinski definition) is 2. The van der Waals surface area contributed by atoms with Crippen molar-refractivity contribution < 1.29 is 27.2 Å². The molecule has 1 atom stereocenters. The van der Waals surface area contributed by atoms with Gasteiger partial charge in [0.1, 0.15) is 16.9 Å². The zero-order valence-electron chi connectivity index (χ0n) is 13.6. The van der Waals surface area contributed by atoms with Crippen LogP contribution >= 0.6 is 0 Å². The summed E-state index contributed by atoms with van der Waals surface area (Å²) >= 11 is 0. The highest BCUT2D eigenvalue weighted by molar-refractivity contribution is 7.92. The van der Waals surface area contributed by atoms with Gasteiger partial charge in [0, 0.05) is 30.6 Å². The van der Waals surface area contributed by atoms with Gasteiger partial charge in [-0.1, -0.05) is 12.1 Å². The van der Waals surface area contributed by atoms with E-state index >= 15 is 0 Å². The smallest absolute Gasteiger partial charge is 0.261 e. The number of sulfone groups is 1. The SMILES string of the molecule is CS(=O)(=O)[C@H](CCn1cc(F)c(-c2ccc(F)cc2)cc1=O)C(=O)NO. The Morgan fingerprint density at radius 2 is 1.88 bits per heavy atom. The van der Waals surface area contributed by atoms with Crippen LogP contribution in [0.5, 0.6) is 0 Å². The molecule has 0 unspecified atom stereocenters. The predicted octanol–water partition coefficient (Wildman–Crippen LogP) is 1.10. The number of aryl methyl sites for hydroxylation is 1. The second kappa shape index (κ2) is 7.75. The van der Waals surface area contributed by atoms with Gasteiger partial charge in [0.05, 0.1) is 0 Å². The van der Waals surface area contributed by atoms with E-state index in [1.807, 2.05) is 0 Å². The summed E-state index contributed by atoms with van der Waals surface area (Å²) in [4.78, 5) is 23.6. The van der Waals surface area contributed by atoms with E-state index in [2.05, 4.69) is 0 Å². The highest BCUT2D eigenvalue weighted by Gasteiger charge is 2.28. The minimum atomic E-state index is -3.84. The molecule has 26 heavy (non-hydrogen) atoms. The second-order valence-corrected chi connectivity index (χ2v) is 7.88. The lowest BCUT2D eigenvalue weighted by Gasteiger charge is -2.14. The lowest BCUT2D eigenvalue weighted by molar-refractivity contribution is -0.128. The fourth-order valence-corrected chi connectivity index (χ4v) is 3.41. The molecule has 140 valence electrons. The van der Waals surface area contributed by atoms with Gasteiger partial charge < -0.3 is 4.57 Å². The van der Waals surface area contributed by atoms with Crippen LogP contribution in [0.25, 0.3) is 11.1 Å². The molecule has 10 heteroatoms. The number of amides is 1. The van der Waals surface area contributed by atoms with Gasteiger partial charge in [-0.05, 0) is 24.1 Å². The lowest BCUT2D eigenvalue weighted by atomic mass is 10.1. The monoisotopic (exact) mass is 386 g/mol. The van der Waals surface area contributed by atoms with E-state index < -0.39 is 38.2 Å². The van der Waals surface area contributed by atoms with Crippen molar-refractivity contribution in [2.24, 2.45) is 0 Å². The van der Waals surface area contributed by atoms with Crippen LogP contribution in [0.3, 0.4) is 0 Å². The largest absolute Gasteiger partial charge is 0.312 e. The van der Waals surface area contributed by atoms with Crippen molar-refractivity contribution >= 4 is 15.7 Å². The van der Waals surface area contributed by atoms with Gasteiger partial charge >= 0.3 is 0 Å². The molecule has 0 radical (unpaired) electrons. The Hall–Kier alpha value is -2.59. The number of hydroxylamine groups is 1. The van der Waals surface area contributed by atoms with E-state index in [0.717, 1.165) is 35.2 Å². The first-order valence-electron chi connectivity index (χ1n) is 7.42. The van der Waals surface area contributed by atoms with Gasteiger partial charge in [0.25, 0.3) is 11.5 Å². The zero-order valence-corrected chi connectivity index (χ0v) is 14.5. The van der Waals surface area contributed by atoms with E-state index in [-0.39, 0.29) is 18.5 Å². The number of hydrogen-bond acceptors (Lipinski definition) is 5. The third-order valence-corrected chi connectivity index (χ3v) is 5.27. The van der Waals surface area contributed by atoms with Crippen LogP contribution in [0.2, 0.25) is 0 Å². The number of carbonyl (C=O) groups excluding carboxylic acids is 1. The number of pyridine rings is 1. The first-order valence-corrected chi connectivity index (χ1v) is 9.37. The van der Waals surface area contributed by atoms with E-state index in [4.69, 9.17) is 5.21 Å². The first kappa shape index (κ1) is 19.7. The van der Waals surface area contributed by atoms with Crippen molar-refractivity contribution in [3.8, 4) is 11.1 Å². The van der Waals surface area contributed by atoms with Crippen LogP contribution < -0.4 is 11.0 Å². The maximum absolute atomic E-state index is 14.3. The van der Waals surface area contributed by atoms with E-state index in [9.17, 15) is 26.8 Å². The van der Waals surface area contributed by atoms with Gasteiger partial charge in [0.15, 0.2) is 9.84 Å². The Kier molecular flexibility index (Phi) is 5.88. The molecule has 0 aliphatic rings. The van der Waals surface area contributed by atoms with Crippen molar-refractivity contribution in [2.45, 2.75) is 18.2 Å². The maximum Gasteiger partial charge on any atom is 0.261 e. The zero-order chi connectivity index (χ0) is 19.5. The van der Waals surface area contributed by atoms with E-state index in [0.29, 0.717) is 5.56 Å². The highest BCUT2D eigenvalue weighted by Crippen LogP contribution is 2.21. The fourth-order valence-electron chi connectivity index (χ4n) is 2.44. The van der Waals surface area contributed by atoms with Crippen molar-refractivity contribution in [2.75, 3.05) is 6.26 Å². The molecule has 0 fully saturated rings. The standard InChI is InChI=1S/C16H16F2N2O5S/c1-26(24,25)14(16(22)19-23)6-7-20-9-13(18)12(8-15(20)21)10-2-4-11(17)5-3-10/h2-5,8-9,14,23H,6-7H2,1H3,(H,19,22)/t14-/m1/s1. The summed E-state index contributed by atoms with van der Waals surface area (Å²) in [6.07, 6.45) is 1.37. The molecule has 2 rings (SSSR count). The number of benzene rings is 1. The fraction of sp³-hybridized carbons (Fsp3) is 0.250. The van der Waals surface area contributed by atoms with Crippen LogP contribution in [0, 0.1) is 11.6 Å². The molecular weight excluding hydrogens is 370 g/mol. The number of nitrogens with zero attached hydrogens (tertiary/aromatic N) is 1. The quantitative estimate of drug-likeness (QED) is 0.571. The van der Waals surface area contributed by atoms with Gasteiger partial charge in [-0.15, -0.1) is 0 Å². The number of carbonyl (C=O) groups is 1. The second-order valence-electron chi connectivity index (χ2n) is 5.66. The van der Waals surface area contributed by atoms with Gasteiger partial charge in [0.2, 0.25) is 0 Å². The van der Waals surface area contributed by atoms with Crippen molar-refractivity contribution in [1.82, 2.24) is 10.0 Å². The van der Waals surface area contributed by atoms with Crippen LogP contribution in [0.4, 0.5) is 8.78 Å². The molecule has 0 spiro atoms. The first-order chi connectivity index (χ1) is 12.1. The molecule has 0 saturated heterocycles. The molecule has 2 N–H and O–H groups in total. The Balaban J connectivity index is 2.29. The van der Waals surface area contributed by atoms with Gasteiger partial charge in [-0.3, -0.25) is 14.8 Å². The third-order valence-electron chi connectivity index (χ3n) is 3.78. The summed E-state index contributed by atoms with van der Waals surface area (Å²) in [5.74, 6) is -2.40. The topological polar surface area (TPSA) is 105 Å². The number of nitrogens with one attached hydrogen (secondary N) is 1. The summed E-state index contributed by atoms with van der Waals surface area (Å²) in [5.41, 5.74) is 0.915. The normalized spacial score (nSPS) is 12.6. The van der Waals surface area contributed by atoms with Crippen LogP contribution in [0.15, 0.2) is 41.3 Å². The molecular formula is C16H16F2N2O5S. The van der Waals surface area contributed by atoms with Crippen molar-refractivity contribution in [3.63, 3.8) is 0 Å². The average molecular weight is 386 g/mol. The van der Waals surface area contributed by atoms with Crippen molar-refractivity contribution in [3.05, 3.63) is 58.5 Å². The molecule has 1 amide bonds. The summed E-state index contributed by atoms with van der Waals surface area (Å²) in [6, 6.07) is 5.91.